The monoisotopic (exact) mass is 299 g/mol. The number of hydrogen-bond acceptors (Lipinski definition) is 4. The summed E-state index contributed by atoms with van der Waals surface area (Å²) < 4.78 is 5.25. The van der Waals surface area contributed by atoms with Crippen LogP contribution in [-0.2, 0) is 14.3 Å². The van der Waals surface area contributed by atoms with Gasteiger partial charge in [0.15, 0.2) is 0 Å². The Morgan fingerprint density at radius 3 is 2.24 bits per heavy atom. The molecular weight excluding hydrogens is 270 g/mol. The Bertz CT molecular complexity index is 305. The van der Waals surface area contributed by atoms with Gasteiger partial charge in [-0.15, -0.1) is 0 Å². The first-order valence-corrected chi connectivity index (χ1v) is 8.10. The molecule has 0 spiro atoms. The Morgan fingerprint density at radius 2 is 1.57 bits per heavy atom. The van der Waals surface area contributed by atoms with Crippen molar-refractivity contribution in [3.63, 3.8) is 0 Å². The molecule has 1 fully saturated rings. The molecule has 6 nitrogen and oxygen atoms in total. The number of morpholine rings is 1. The Morgan fingerprint density at radius 1 is 0.952 bits per heavy atom. The van der Waals surface area contributed by atoms with E-state index < -0.39 is 11.8 Å². The van der Waals surface area contributed by atoms with E-state index in [1.165, 1.54) is 19.3 Å². The molecule has 0 unspecified atom stereocenters. The number of carbonyl (C=O) groups is 2. The van der Waals surface area contributed by atoms with E-state index in [2.05, 4.69) is 22.5 Å². The van der Waals surface area contributed by atoms with Gasteiger partial charge in [-0.25, -0.2) is 0 Å². The molecule has 1 aliphatic rings. The van der Waals surface area contributed by atoms with Crippen molar-refractivity contribution in [1.29, 1.82) is 0 Å². The van der Waals surface area contributed by atoms with Gasteiger partial charge in [0.25, 0.3) is 0 Å². The van der Waals surface area contributed by atoms with Gasteiger partial charge in [0, 0.05) is 32.7 Å². The molecule has 1 heterocycles. The van der Waals surface area contributed by atoms with Crippen molar-refractivity contribution in [2.75, 3.05) is 45.9 Å². The molecule has 0 saturated carbocycles. The molecule has 1 rings (SSSR count). The maximum atomic E-state index is 11.6. The molecule has 1 aliphatic heterocycles. The van der Waals surface area contributed by atoms with Crippen molar-refractivity contribution < 1.29 is 14.3 Å². The van der Waals surface area contributed by atoms with E-state index in [0.29, 0.717) is 13.1 Å². The molecule has 1 saturated heterocycles. The van der Waals surface area contributed by atoms with E-state index in [4.69, 9.17) is 4.74 Å². The van der Waals surface area contributed by atoms with Crippen LogP contribution in [0.2, 0.25) is 0 Å². The quantitative estimate of drug-likeness (QED) is 0.481. The zero-order valence-electron chi connectivity index (χ0n) is 13.2. The summed E-state index contributed by atoms with van der Waals surface area (Å²) in [7, 11) is 0. The standard InChI is InChI=1S/C15H29N3O3/c1-2-3-4-5-6-7-16-14(19)15(20)17-8-9-18-10-12-21-13-11-18/h2-13H2,1H3,(H,16,19)(H,17,20). The van der Waals surface area contributed by atoms with Crippen molar-refractivity contribution in [3.05, 3.63) is 0 Å². The number of ether oxygens (including phenoxy) is 1. The van der Waals surface area contributed by atoms with Crippen LogP contribution < -0.4 is 10.6 Å². The Kier molecular flexibility index (Phi) is 9.82. The highest BCUT2D eigenvalue weighted by Gasteiger charge is 2.14. The first-order chi connectivity index (χ1) is 10.2. The van der Waals surface area contributed by atoms with E-state index in [0.717, 1.165) is 45.7 Å². The van der Waals surface area contributed by atoms with Crippen molar-refractivity contribution in [2.45, 2.75) is 39.0 Å². The Labute approximate surface area is 127 Å². The van der Waals surface area contributed by atoms with Crippen LogP contribution in [0.25, 0.3) is 0 Å². The minimum Gasteiger partial charge on any atom is -0.379 e. The predicted molar refractivity (Wildman–Crippen MR) is 82.0 cm³/mol. The summed E-state index contributed by atoms with van der Waals surface area (Å²) in [5, 5.41) is 5.32. The fraction of sp³-hybridized carbons (Fsp3) is 0.867. The van der Waals surface area contributed by atoms with Crippen LogP contribution in [0.4, 0.5) is 0 Å². The van der Waals surface area contributed by atoms with Crippen molar-refractivity contribution in [1.82, 2.24) is 15.5 Å². The van der Waals surface area contributed by atoms with Gasteiger partial charge in [0.2, 0.25) is 0 Å². The molecule has 0 radical (unpaired) electrons. The van der Waals surface area contributed by atoms with E-state index in [-0.39, 0.29) is 0 Å². The molecule has 0 aromatic rings. The van der Waals surface area contributed by atoms with E-state index in [1.54, 1.807) is 0 Å². The Hall–Kier alpha value is -1.14. The van der Waals surface area contributed by atoms with Crippen LogP contribution in [-0.4, -0.2) is 62.7 Å². The minimum absolute atomic E-state index is 0.503. The zero-order chi connectivity index (χ0) is 15.3. The van der Waals surface area contributed by atoms with Gasteiger partial charge in [-0.1, -0.05) is 32.6 Å². The SMILES string of the molecule is CCCCCCCNC(=O)C(=O)NCCN1CCOCC1. The molecule has 122 valence electrons. The maximum absolute atomic E-state index is 11.6. The van der Waals surface area contributed by atoms with Crippen molar-refractivity contribution in [3.8, 4) is 0 Å². The first-order valence-electron chi connectivity index (χ1n) is 8.10. The largest absolute Gasteiger partial charge is 0.379 e. The number of unbranched alkanes of at least 4 members (excludes halogenated alkanes) is 4. The van der Waals surface area contributed by atoms with E-state index in [9.17, 15) is 9.59 Å². The number of hydrogen-bond donors (Lipinski definition) is 2. The smallest absolute Gasteiger partial charge is 0.309 e. The van der Waals surface area contributed by atoms with Crippen LogP contribution in [0.15, 0.2) is 0 Å². The lowest BCUT2D eigenvalue weighted by atomic mass is 10.1. The van der Waals surface area contributed by atoms with Gasteiger partial charge in [0.1, 0.15) is 0 Å². The predicted octanol–water partition coefficient (Wildman–Crippen LogP) is 0.521. The lowest BCUT2D eigenvalue weighted by Gasteiger charge is -2.26. The summed E-state index contributed by atoms with van der Waals surface area (Å²) in [6.07, 6.45) is 5.67. The van der Waals surface area contributed by atoms with E-state index in [1.807, 2.05) is 0 Å². The fourth-order valence-electron chi connectivity index (χ4n) is 2.24. The van der Waals surface area contributed by atoms with Gasteiger partial charge in [-0.3, -0.25) is 14.5 Å². The van der Waals surface area contributed by atoms with Gasteiger partial charge in [0.05, 0.1) is 13.2 Å². The molecule has 0 aromatic carbocycles. The third-order valence-electron chi connectivity index (χ3n) is 3.59. The number of nitrogens with one attached hydrogen (secondary N) is 2. The Balaban J connectivity index is 1.98. The van der Waals surface area contributed by atoms with Crippen LogP contribution in [0, 0.1) is 0 Å². The summed E-state index contributed by atoms with van der Waals surface area (Å²) in [4.78, 5) is 25.4. The molecule has 21 heavy (non-hydrogen) atoms. The highest BCUT2D eigenvalue weighted by atomic mass is 16.5. The summed E-state index contributed by atoms with van der Waals surface area (Å²) in [6.45, 7) is 7.28. The van der Waals surface area contributed by atoms with Crippen molar-refractivity contribution >= 4 is 11.8 Å². The highest BCUT2D eigenvalue weighted by Crippen LogP contribution is 2.01. The second-order valence-electron chi connectivity index (χ2n) is 5.38. The van der Waals surface area contributed by atoms with Gasteiger partial charge < -0.3 is 15.4 Å². The average molecular weight is 299 g/mol. The maximum Gasteiger partial charge on any atom is 0.309 e. The topological polar surface area (TPSA) is 70.7 Å². The molecule has 0 aromatic heterocycles. The number of carbonyl (C=O) groups excluding carboxylic acids is 2. The summed E-state index contributed by atoms with van der Waals surface area (Å²) >= 11 is 0. The van der Waals surface area contributed by atoms with E-state index >= 15 is 0 Å². The zero-order valence-corrected chi connectivity index (χ0v) is 13.2. The second-order valence-corrected chi connectivity index (χ2v) is 5.38. The van der Waals surface area contributed by atoms with Crippen LogP contribution >= 0.6 is 0 Å². The summed E-state index contributed by atoms with van der Waals surface area (Å²) in [6, 6.07) is 0. The van der Waals surface area contributed by atoms with Gasteiger partial charge >= 0.3 is 11.8 Å². The van der Waals surface area contributed by atoms with Crippen LogP contribution in [0.3, 0.4) is 0 Å². The highest BCUT2D eigenvalue weighted by molar-refractivity contribution is 6.35. The number of amides is 2. The second kappa shape index (κ2) is 11.5. The molecular formula is C15H29N3O3. The lowest BCUT2D eigenvalue weighted by Crippen LogP contribution is -2.45. The summed E-state index contributed by atoms with van der Waals surface area (Å²) in [5.74, 6) is -1.05. The lowest BCUT2D eigenvalue weighted by molar-refractivity contribution is -0.139. The van der Waals surface area contributed by atoms with Crippen LogP contribution in [0.5, 0.6) is 0 Å². The minimum atomic E-state index is -0.531. The third-order valence-corrected chi connectivity index (χ3v) is 3.59. The van der Waals surface area contributed by atoms with Crippen LogP contribution in [0.1, 0.15) is 39.0 Å². The molecule has 2 amide bonds. The molecule has 0 atom stereocenters. The summed E-state index contributed by atoms with van der Waals surface area (Å²) in [5.41, 5.74) is 0. The third kappa shape index (κ3) is 8.67. The molecule has 0 aliphatic carbocycles. The number of nitrogens with zero attached hydrogens (tertiary/aromatic N) is 1. The molecule has 6 heteroatoms. The van der Waals surface area contributed by atoms with Gasteiger partial charge in [-0.05, 0) is 6.42 Å². The molecule has 0 bridgehead atoms. The number of rotatable bonds is 9. The molecule has 2 N–H and O–H groups in total. The normalized spacial score (nSPS) is 15.7. The van der Waals surface area contributed by atoms with Gasteiger partial charge in [-0.2, -0.15) is 0 Å². The first kappa shape index (κ1) is 17.9. The average Bonchev–Trinajstić information content (AvgIpc) is 2.51. The van der Waals surface area contributed by atoms with Crippen molar-refractivity contribution in [2.24, 2.45) is 0 Å². The fourth-order valence-corrected chi connectivity index (χ4v) is 2.24.